The van der Waals surface area contributed by atoms with Crippen LogP contribution in [0.4, 0.5) is 24.5 Å². The fourth-order valence-electron chi connectivity index (χ4n) is 5.60. The van der Waals surface area contributed by atoms with E-state index in [1.165, 1.54) is 12.1 Å². The van der Waals surface area contributed by atoms with E-state index in [1.54, 1.807) is 4.90 Å². The molecule has 0 radical (unpaired) electrons. The van der Waals surface area contributed by atoms with Crippen molar-refractivity contribution in [3.05, 3.63) is 105 Å². The van der Waals surface area contributed by atoms with Crippen LogP contribution in [0.1, 0.15) is 29.5 Å². The van der Waals surface area contributed by atoms with Gasteiger partial charge in [-0.15, -0.1) is 0 Å². The maximum Gasteiger partial charge on any atom is 0.295 e. The minimum atomic E-state index is -2.97. The van der Waals surface area contributed by atoms with Gasteiger partial charge in [0.1, 0.15) is 0 Å². The summed E-state index contributed by atoms with van der Waals surface area (Å²) in [7, 11) is 0. The number of nitrogens with one attached hydrogen (secondary N) is 1. The number of nitrogens with zero attached hydrogens (tertiary/aromatic N) is 3. The summed E-state index contributed by atoms with van der Waals surface area (Å²) < 4.78 is 44.2. The van der Waals surface area contributed by atoms with Gasteiger partial charge < -0.3 is 15.1 Å². The zero-order valence-electron chi connectivity index (χ0n) is 21.3. The molecule has 0 spiro atoms. The molecule has 2 aliphatic rings. The molecule has 2 saturated heterocycles. The van der Waals surface area contributed by atoms with Gasteiger partial charge in [-0.2, -0.15) is 0 Å². The number of halogens is 3. The van der Waals surface area contributed by atoms with E-state index in [0.29, 0.717) is 13.1 Å². The number of piperidine rings is 1. The lowest BCUT2D eigenvalue weighted by Gasteiger charge is -2.46. The number of likely N-dealkylation sites (tertiary alicyclic amines) is 1. The largest absolute Gasteiger partial charge is 0.355 e. The smallest absolute Gasteiger partial charge is 0.295 e. The number of nitro benzene ring substituents is 1. The first-order valence-electron chi connectivity index (χ1n) is 12.9. The Morgan fingerprint density at radius 1 is 0.923 bits per heavy atom. The van der Waals surface area contributed by atoms with Gasteiger partial charge in [0.25, 0.3) is 11.6 Å². The number of anilines is 1. The number of hydrogen-bond acceptors (Lipinski definition) is 5. The highest BCUT2D eigenvalue weighted by molar-refractivity contribution is 5.90. The number of nitro groups is 1. The molecule has 3 aromatic carbocycles. The van der Waals surface area contributed by atoms with Crippen LogP contribution in [0.3, 0.4) is 0 Å². The molecule has 10 heteroatoms. The predicted molar refractivity (Wildman–Crippen MR) is 141 cm³/mol. The first-order chi connectivity index (χ1) is 18.7. The van der Waals surface area contributed by atoms with Crippen molar-refractivity contribution in [1.29, 1.82) is 0 Å². The Hall–Kier alpha value is -3.92. The molecule has 2 aliphatic heterocycles. The van der Waals surface area contributed by atoms with Crippen molar-refractivity contribution in [1.82, 2.24) is 10.2 Å². The van der Waals surface area contributed by atoms with Crippen molar-refractivity contribution >= 4 is 17.3 Å². The van der Waals surface area contributed by atoms with Crippen molar-refractivity contribution in [2.24, 2.45) is 0 Å². The molecule has 0 bridgehead atoms. The molecule has 2 heterocycles. The fourth-order valence-corrected chi connectivity index (χ4v) is 5.60. The lowest BCUT2D eigenvalue weighted by Crippen LogP contribution is -2.64. The van der Waals surface area contributed by atoms with E-state index >= 15 is 4.39 Å². The van der Waals surface area contributed by atoms with Gasteiger partial charge in [0, 0.05) is 24.7 Å². The summed E-state index contributed by atoms with van der Waals surface area (Å²) in [5.74, 6) is -4.39. The molecular formula is C29H29F3N4O3. The molecule has 204 valence electrons. The quantitative estimate of drug-likeness (QED) is 0.321. The lowest BCUT2D eigenvalue weighted by molar-refractivity contribution is -0.384. The zero-order chi connectivity index (χ0) is 27.6. The van der Waals surface area contributed by atoms with Gasteiger partial charge in [-0.1, -0.05) is 60.7 Å². The third-order valence-electron chi connectivity index (χ3n) is 7.55. The summed E-state index contributed by atoms with van der Waals surface area (Å²) in [5.41, 5.74) is -0.386. The molecule has 0 aliphatic carbocycles. The molecular weight excluding hydrogens is 509 g/mol. The number of benzene rings is 3. The minimum absolute atomic E-state index is 0.0101. The van der Waals surface area contributed by atoms with E-state index in [4.69, 9.17) is 0 Å². The second-order valence-corrected chi connectivity index (χ2v) is 10.2. The molecule has 2 fully saturated rings. The van der Waals surface area contributed by atoms with Gasteiger partial charge in [-0.05, 0) is 43.1 Å². The van der Waals surface area contributed by atoms with Crippen molar-refractivity contribution < 1.29 is 22.9 Å². The van der Waals surface area contributed by atoms with Crippen LogP contribution in [-0.2, 0) is 23.3 Å². The fraction of sp³-hybridized carbons (Fsp3) is 0.345. The predicted octanol–water partition coefficient (Wildman–Crippen LogP) is 5.04. The van der Waals surface area contributed by atoms with E-state index in [1.807, 2.05) is 60.7 Å². The highest BCUT2D eigenvalue weighted by Crippen LogP contribution is 2.45. The second-order valence-electron chi connectivity index (χ2n) is 10.2. The number of hydrogen-bond donors (Lipinski definition) is 1. The van der Waals surface area contributed by atoms with Crippen LogP contribution in [0.2, 0.25) is 0 Å². The minimum Gasteiger partial charge on any atom is -0.355 e. The highest BCUT2D eigenvalue weighted by atomic mass is 19.3. The van der Waals surface area contributed by atoms with E-state index < -0.39 is 46.8 Å². The van der Waals surface area contributed by atoms with Gasteiger partial charge in [-0.3, -0.25) is 14.9 Å². The topological polar surface area (TPSA) is 78.7 Å². The molecule has 1 N–H and O–H groups in total. The Morgan fingerprint density at radius 2 is 1.46 bits per heavy atom. The Balaban J connectivity index is 1.64. The highest BCUT2D eigenvalue weighted by Gasteiger charge is 2.54. The van der Waals surface area contributed by atoms with Crippen molar-refractivity contribution in [3.8, 4) is 0 Å². The molecule has 0 atom stereocenters. The SMILES string of the molecule is O=C(N1CC(F)(F)C1)C1(c2ccc([N+](=O)[O-])c(N(Cc3ccccc3)Cc3ccccc3)c2F)CCNCC1. The van der Waals surface area contributed by atoms with Crippen LogP contribution in [-0.4, -0.2) is 47.8 Å². The number of amides is 1. The van der Waals surface area contributed by atoms with Crippen LogP contribution < -0.4 is 10.2 Å². The van der Waals surface area contributed by atoms with Crippen LogP contribution in [0.5, 0.6) is 0 Å². The Bertz CT molecular complexity index is 1300. The first-order valence-corrected chi connectivity index (χ1v) is 12.9. The standard InChI is InChI=1S/C29H29F3N4O3/c30-25-23(28(13-15-33-16-14-28)27(37)35-19-29(31,32)20-35)11-12-24(36(38)39)26(25)34(17-21-7-3-1-4-8-21)18-22-9-5-2-6-10-22/h1-12,33H,13-20H2. The van der Waals surface area contributed by atoms with Crippen LogP contribution in [0.15, 0.2) is 72.8 Å². The molecule has 0 aromatic heterocycles. The van der Waals surface area contributed by atoms with Gasteiger partial charge in [0.05, 0.1) is 23.4 Å². The van der Waals surface area contributed by atoms with E-state index in [0.717, 1.165) is 16.0 Å². The zero-order valence-corrected chi connectivity index (χ0v) is 21.3. The summed E-state index contributed by atoms with van der Waals surface area (Å²) in [6.07, 6.45) is 0.388. The maximum atomic E-state index is 16.8. The monoisotopic (exact) mass is 538 g/mol. The molecule has 5 rings (SSSR count). The molecule has 3 aromatic rings. The molecule has 1 amide bonds. The Morgan fingerprint density at radius 3 is 1.95 bits per heavy atom. The maximum absolute atomic E-state index is 16.8. The summed E-state index contributed by atoms with van der Waals surface area (Å²) >= 11 is 0. The third-order valence-corrected chi connectivity index (χ3v) is 7.55. The van der Waals surface area contributed by atoms with E-state index in [9.17, 15) is 23.7 Å². The van der Waals surface area contributed by atoms with E-state index in [-0.39, 0.29) is 37.2 Å². The van der Waals surface area contributed by atoms with Crippen LogP contribution in [0.25, 0.3) is 0 Å². The number of alkyl halides is 2. The average molecular weight is 539 g/mol. The van der Waals surface area contributed by atoms with Crippen LogP contribution in [0, 0.1) is 15.9 Å². The normalized spacial score (nSPS) is 17.8. The summed E-state index contributed by atoms with van der Waals surface area (Å²) in [6.45, 7) is -0.290. The average Bonchev–Trinajstić information content (AvgIpc) is 2.92. The first kappa shape index (κ1) is 26.7. The van der Waals surface area contributed by atoms with Crippen molar-refractivity contribution in [2.75, 3.05) is 31.1 Å². The third kappa shape index (κ3) is 5.34. The van der Waals surface area contributed by atoms with E-state index in [2.05, 4.69) is 5.32 Å². The Kier molecular flexibility index (Phi) is 7.31. The van der Waals surface area contributed by atoms with Crippen LogP contribution >= 0.6 is 0 Å². The number of carbonyl (C=O) groups excluding carboxylic acids is 1. The number of carbonyl (C=O) groups is 1. The van der Waals surface area contributed by atoms with Crippen molar-refractivity contribution in [2.45, 2.75) is 37.3 Å². The molecule has 0 unspecified atom stereocenters. The molecule has 39 heavy (non-hydrogen) atoms. The van der Waals surface area contributed by atoms with Gasteiger partial charge >= 0.3 is 0 Å². The Labute approximate surface area is 224 Å². The van der Waals surface area contributed by atoms with Crippen molar-refractivity contribution in [3.63, 3.8) is 0 Å². The summed E-state index contributed by atoms with van der Waals surface area (Å²) in [4.78, 5) is 27.9. The van der Waals surface area contributed by atoms with Gasteiger partial charge in [-0.25, -0.2) is 13.2 Å². The lowest BCUT2D eigenvalue weighted by atomic mass is 9.71. The second kappa shape index (κ2) is 10.7. The summed E-state index contributed by atoms with van der Waals surface area (Å²) in [6, 6.07) is 21.0. The van der Waals surface area contributed by atoms with Gasteiger partial charge in [0.2, 0.25) is 5.91 Å². The summed E-state index contributed by atoms with van der Waals surface area (Å²) in [5, 5.41) is 15.3. The molecule has 7 nitrogen and oxygen atoms in total. The van der Waals surface area contributed by atoms with Gasteiger partial charge in [0.15, 0.2) is 11.5 Å². The number of rotatable bonds is 8. The molecule has 0 saturated carbocycles.